The number of likely N-dealkylation sites (tertiary alicyclic amines) is 1. The van der Waals surface area contributed by atoms with Crippen LogP contribution in [0.4, 0.5) is 4.79 Å². The van der Waals surface area contributed by atoms with Crippen molar-refractivity contribution in [2.24, 2.45) is 0 Å². The molecule has 1 unspecified atom stereocenters. The average molecular weight is 267 g/mol. The Bertz CT molecular complexity index is 471. The van der Waals surface area contributed by atoms with Gasteiger partial charge in [0.15, 0.2) is 0 Å². The van der Waals surface area contributed by atoms with Crippen LogP contribution in [-0.2, 0) is 11.3 Å². The van der Waals surface area contributed by atoms with Crippen LogP contribution in [0.3, 0.4) is 0 Å². The van der Waals surface area contributed by atoms with Gasteiger partial charge in [-0.1, -0.05) is 5.16 Å². The third kappa shape index (κ3) is 3.46. The maximum Gasteiger partial charge on any atom is 0.317 e. The first-order valence-electron chi connectivity index (χ1n) is 6.24. The minimum absolute atomic E-state index is 0.00348. The van der Waals surface area contributed by atoms with E-state index in [0.717, 1.165) is 12.8 Å². The normalized spacial score (nSPS) is 18.6. The van der Waals surface area contributed by atoms with Crippen molar-refractivity contribution in [1.82, 2.24) is 15.4 Å². The number of nitrogens with one attached hydrogen (secondary N) is 1. The SMILES string of the molecule is Cc1cc(CNC(=O)N2CCCC2CC(=O)O)no1. The van der Waals surface area contributed by atoms with Crippen LogP contribution in [0.25, 0.3) is 0 Å². The van der Waals surface area contributed by atoms with Gasteiger partial charge in [0, 0.05) is 18.7 Å². The van der Waals surface area contributed by atoms with Gasteiger partial charge in [-0.05, 0) is 19.8 Å². The van der Waals surface area contributed by atoms with Crippen molar-refractivity contribution in [3.63, 3.8) is 0 Å². The molecule has 7 nitrogen and oxygen atoms in total. The van der Waals surface area contributed by atoms with Gasteiger partial charge in [0.25, 0.3) is 0 Å². The summed E-state index contributed by atoms with van der Waals surface area (Å²) in [7, 11) is 0. The van der Waals surface area contributed by atoms with Gasteiger partial charge in [-0.3, -0.25) is 4.79 Å². The molecule has 2 heterocycles. The lowest BCUT2D eigenvalue weighted by Gasteiger charge is -2.23. The van der Waals surface area contributed by atoms with Crippen molar-refractivity contribution in [2.75, 3.05) is 6.54 Å². The molecule has 0 radical (unpaired) electrons. The lowest BCUT2D eigenvalue weighted by atomic mass is 10.1. The molecule has 0 aliphatic carbocycles. The van der Waals surface area contributed by atoms with Crippen LogP contribution in [0.5, 0.6) is 0 Å². The van der Waals surface area contributed by atoms with E-state index in [1.165, 1.54) is 0 Å². The molecule has 7 heteroatoms. The molecule has 2 amide bonds. The second-order valence-corrected chi connectivity index (χ2v) is 4.67. The molecule has 0 bridgehead atoms. The van der Waals surface area contributed by atoms with Gasteiger partial charge in [-0.15, -0.1) is 0 Å². The number of carboxylic acid groups (broad SMARTS) is 1. The first-order chi connectivity index (χ1) is 9.06. The van der Waals surface area contributed by atoms with E-state index in [2.05, 4.69) is 10.5 Å². The fraction of sp³-hybridized carbons (Fsp3) is 0.583. The predicted octanol–water partition coefficient (Wildman–Crippen LogP) is 1.13. The average Bonchev–Trinajstić information content (AvgIpc) is 2.94. The fourth-order valence-corrected chi connectivity index (χ4v) is 2.29. The number of aliphatic carboxylic acids is 1. The molecule has 104 valence electrons. The molecule has 1 aliphatic heterocycles. The van der Waals surface area contributed by atoms with E-state index in [9.17, 15) is 9.59 Å². The predicted molar refractivity (Wildman–Crippen MR) is 65.5 cm³/mol. The van der Waals surface area contributed by atoms with Crippen LogP contribution >= 0.6 is 0 Å². The highest BCUT2D eigenvalue weighted by atomic mass is 16.5. The number of carbonyl (C=O) groups is 2. The Labute approximate surface area is 110 Å². The van der Waals surface area contributed by atoms with Gasteiger partial charge in [0.1, 0.15) is 11.5 Å². The molecular formula is C12H17N3O4. The molecule has 0 spiro atoms. The lowest BCUT2D eigenvalue weighted by Crippen LogP contribution is -2.43. The molecule has 0 aromatic carbocycles. The second-order valence-electron chi connectivity index (χ2n) is 4.67. The van der Waals surface area contributed by atoms with Gasteiger partial charge < -0.3 is 19.8 Å². The van der Waals surface area contributed by atoms with Crippen LogP contribution < -0.4 is 5.32 Å². The minimum Gasteiger partial charge on any atom is -0.481 e. The fourth-order valence-electron chi connectivity index (χ4n) is 2.29. The van der Waals surface area contributed by atoms with Gasteiger partial charge in [-0.2, -0.15) is 0 Å². The van der Waals surface area contributed by atoms with E-state index in [1.807, 2.05) is 0 Å². The van der Waals surface area contributed by atoms with Crippen LogP contribution in [0.15, 0.2) is 10.6 Å². The number of urea groups is 1. The van der Waals surface area contributed by atoms with Crippen molar-refractivity contribution in [3.8, 4) is 0 Å². The van der Waals surface area contributed by atoms with Gasteiger partial charge >= 0.3 is 12.0 Å². The quantitative estimate of drug-likeness (QED) is 0.852. The number of hydrogen-bond acceptors (Lipinski definition) is 4. The summed E-state index contributed by atoms with van der Waals surface area (Å²) >= 11 is 0. The molecule has 1 fully saturated rings. The van der Waals surface area contributed by atoms with E-state index in [1.54, 1.807) is 17.9 Å². The monoisotopic (exact) mass is 267 g/mol. The number of carbonyl (C=O) groups excluding carboxylic acids is 1. The Balaban J connectivity index is 1.86. The standard InChI is InChI=1S/C12H17N3O4/c1-8-5-9(14-19-8)7-13-12(18)15-4-2-3-10(15)6-11(16)17/h5,10H,2-4,6-7H2,1H3,(H,13,18)(H,16,17). The summed E-state index contributed by atoms with van der Waals surface area (Å²) in [6.07, 6.45) is 1.58. The smallest absolute Gasteiger partial charge is 0.317 e. The summed E-state index contributed by atoms with van der Waals surface area (Å²) in [4.78, 5) is 24.3. The summed E-state index contributed by atoms with van der Waals surface area (Å²) in [5.74, 6) is -0.189. The Morgan fingerprint density at radius 3 is 3.05 bits per heavy atom. The molecule has 1 aromatic heterocycles. The highest BCUT2D eigenvalue weighted by Crippen LogP contribution is 2.20. The Kier molecular flexibility index (Phi) is 4.03. The van der Waals surface area contributed by atoms with E-state index >= 15 is 0 Å². The number of hydrogen-bond donors (Lipinski definition) is 2. The molecular weight excluding hydrogens is 250 g/mol. The summed E-state index contributed by atoms with van der Waals surface area (Å²) in [5.41, 5.74) is 0.653. The minimum atomic E-state index is -0.878. The van der Waals surface area contributed by atoms with Crippen LogP contribution in [-0.4, -0.2) is 39.8 Å². The number of amides is 2. The van der Waals surface area contributed by atoms with Gasteiger partial charge in [-0.25, -0.2) is 4.79 Å². The molecule has 2 rings (SSSR count). The topological polar surface area (TPSA) is 95.7 Å². The zero-order valence-electron chi connectivity index (χ0n) is 10.8. The molecule has 1 aromatic rings. The number of aromatic nitrogens is 1. The zero-order chi connectivity index (χ0) is 13.8. The van der Waals surface area contributed by atoms with E-state index in [4.69, 9.17) is 9.63 Å². The third-order valence-corrected chi connectivity index (χ3v) is 3.15. The maximum absolute atomic E-state index is 12.0. The number of aryl methyl sites for hydroxylation is 1. The summed E-state index contributed by atoms with van der Waals surface area (Å²) < 4.78 is 4.90. The molecule has 1 saturated heterocycles. The lowest BCUT2D eigenvalue weighted by molar-refractivity contribution is -0.137. The molecule has 1 atom stereocenters. The maximum atomic E-state index is 12.0. The molecule has 2 N–H and O–H groups in total. The molecule has 1 aliphatic rings. The van der Waals surface area contributed by atoms with Gasteiger partial charge in [0.2, 0.25) is 0 Å². The van der Waals surface area contributed by atoms with Crippen LogP contribution in [0.1, 0.15) is 30.7 Å². The first kappa shape index (κ1) is 13.4. The highest BCUT2D eigenvalue weighted by molar-refractivity contribution is 5.76. The van der Waals surface area contributed by atoms with Crippen molar-refractivity contribution >= 4 is 12.0 Å². The Morgan fingerprint density at radius 1 is 1.63 bits per heavy atom. The van der Waals surface area contributed by atoms with Crippen molar-refractivity contribution in [1.29, 1.82) is 0 Å². The Hall–Kier alpha value is -2.05. The highest BCUT2D eigenvalue weighted by Gasteiger charge is 2.30. The zero-order valence-corrected chi connectivity index (χ0v) is 10.8. The van der Waals surface area contributed by atoms with Crippen molar-refractivity contribution < 1.29 is 19.2 Å². The van der Waals surface area contributed by atoms with E-state index in [0.29, 0.717) is 18.0 Å². The van der Waals surface area contributed by atoms with E-state index < -0.39 is 5.97 Å². The van der Waals surface area contributed by atoms with E-state index in [-0.39, 0.29) is 25.0 Å². The number of carboxylic acids is 1. The largest absolute Gasteiger partial charge is 0.481 e. The summed E-state index contributed by atoms with van der Waals surface area (Å²) in [5, 5.41) is 15.3. The summed E-state index contributed by atoms with van der Waals surface area (Å²) in [6, 6.07) is 1.29. The van der Waals surface area contributed by atoms with Gasteiger partial charge in [0.05, 0.1) is 13.0 Å². The second kappa shape index (κ2) is 5.73. The van der Waals surface area contributed by atoms with Crippen molar-refractivity contribution in [3.05, 3.63) is 17.5 Å². The summed E-state index contributed by atoms with van der Waals surface area (Å²) in [6.45, 7) is 2.66. The number of rotatable bonds is 4. The van der Waals surface area contributed by atoms with Crippen molar-refractivity contribution in [2.45, 2.75) is 38.8 Å². The third-order valence-electron chi connectivity index (χ3n) is 3.15. The van der Waals surface area contributed by atoms with Crippen LogP contribution in [0, 0.1) is 6.92 Å². The van der Waals surface area contributed by atoms with Crippen LogP contribution in [0.2, 0.25) is 0 Å². The number of nitrogens with zero attached hydrogens (tertiary/aromatic N) is 2. The molecule has 0 saturated carbocycles. The first-order valence-corrected chi connectivity index (χ1v) is 6.24. The Morgan fingerprint density at radius 2 is 2.42 bits per heavy atom. The molecule has 19 heavy (non-hydrogen) atoms.